The molecule has 1 aliphatic rings. The van der Waals surface area contributed by atoms with Gasteiger partial charge in [0.25, 0.3) is 0 Å². The van der Waals surface area contributed by atoms with Gasteiger partial charge < -0.3 is 29.6 Å². The molecule has 7 heteroatoms. The van der Waals surface area contributed by atoms with Gasteiger partial charge in [-0.15, -0.1) is 0 Å². The summed E-state index contributed by atoms with van der Waals surface area (Å²) in [4.78, 5) is 3.51. The summed E-state index contributed by atoms with van der Waals surface area (Å²) < 4.78 is 7.74. The zero-order chi connectivity index (χ0) is 20.6. The van der Waals surface area contributed by atoms with Crippen molar-refractivity contribution in [1.82, 2.24) is 9.55 Å². The summed E-state index contributed by atoms with van der Waals surface area (Å²) in [5.74, 6) is 0. The van der Waals surface area contributed by atoms with Crippen molar-refractivity contribution in [3.63, 3.8) is 0 Å². The average Bonchev–Trinajstić information content (AvgIpc) is 3.28. The molecule has 1 fully saturated rings. The summed E-state index contributed by atoms with van der Waals surface area (Å²) >= 11 is 6.30. The SMILES string of the molecule is O[C@@H]1[C@@H](O)[C@H](n2c3ccc(Cl)cc3c3ccc4c5ccccc5[nH]c4c32)OC[C@H]1O. The third-order valence-electron chi connectivity index (χ3n) is 6.13. The van der Waals surface area contributed by atoms with E-state index in [0.717, 1.165) is 43.6 Å². The van der Waals surface area contributed by atoms with Crippen LogP contribution < -0.4 is 0 Å². The summed E-state index contributed by atoms with van der Waals surface area (Å²) in [5.41, 5.74) is 3.61. The molecule has 0 aliphatic carbocycles. The third-order valence-corrected chi connectivity index (χ3v) is 6.37. The van der Waals surface area contributed by atoms with Crippen LogP contribution in [0.2, 0.25) is 5.02 Å². The number of para-hydroxylation sites is 1. The summed E-state index contributed by atoms with van der Waals surface area (Å²) in [6.45, 7) is -0.0691. The molecule has 1 saturated heterocycles. The van der Waals surface area contributed by atoms with Crippen LogP contribution in [0.5, 0.6) is 0 Å². The Hall–Kier alpha value is -2.61. The summed E-state index contributed by atoms with van der Waals surface area (Å²) in [7, 11) is 0. The number of benzene rings is 3. The molecule has 30 heavy (non-hydrogen) atoms. The summed E-state index contributed by atoms with van der Waals surface area (Å²) in [5, 5.41) is 35.7. The van der Waals surface area contributed by atoms with Crippen LogP contribution in [0, 0.1) is 0 Å². The van der Waals surface area contributed by atoms with Crippen LogP contribution in [-0.4, -0.2) is 49.8 Å². The lowest BCUT2D eigenvalue weighted by atomic mass is 10.0. The van der Waals surface area contributed by atoms with E-state index in [0.29, 0.717) is 5.02 Å². The largest absolute Gasteiger partial charge is 0.388 e. The van der Waals surface area contributed by atoms with Gasteiger partial charge in [-0.2, -0.15) is 0 Å². The van der Waals surface area contributed by atoms with Crippen molar-refractivity contribution in [2.24, 2.45) is 0 Å². The molecule has 0 unspecified atom stereocenters. The minimum Gasteiger partial charge on any atom is -0.388 e. The van der Waals surface area contributed by atoms with Gasteiger partial charge in [0.15, 0.2) is 6.23 Å². The van der Waals surface area contributed by atoms with Gasteiger partial charge in [0, 0.05) is 32.1 Å². The fourth-order valence-electron chi connectivity index (χ4n) is 4.71. The number of aliphatic hydroxyl groups is 3. The van der Waals surface area contributed by atoms with Crippen LogP contribution in [-0.2, 0) is 4.74 Å². The molecule has 1 aliphatic heterocycles. The van der Waals surface area contributed by atoms with E-state index in [1.165, 1.54) is 0 Å². The van der Waals surface area contributed by atoms with E-state index in [4.69, 9.17) is 16.3 Å². The van der Waals surface area contributed by atoms with Crippen LogP contribution >= 0.6 is 11.6 Å². The van der Waals surface area contributed by atoms with Crippen LogP contribution in [0.25, 0.3) is 43.6 Å². The van der Waals surface area contributed by atoms with Crippen molar-refractivity contribution in [2.75, 3.05) is 6.61 Å². The number of aromatic amines is 1. The molecule has 0 amide bonds. The van der Waals surface area contributed by atoms with Crippen molar-refractivity contribution in [2.45, 2.75) is 24.5 Å². The Morgan fingerprint density at radius 2 is 1.70 bits per heavy atom. The first-order valence-corrected chi connectivity index (χ1v) is 10.2. The molecule has 0 radical (unpaired) electrons. The number of halogens is 1. The Morgan fingerprint density at radius 3 is 2.57 bits per heavy atom. The highest BCUT2D eigenvalue weighted by atomic mass is 35.5. The number of aromatic nitrogens is 2. The van der Waals surface area contributed by atoms with Gasteiger partial charge in [0.1, 0.15) is 18.3 Å². The second kappa shape index (κ2) is 6.44. The maximum Gasteiger partial charge on any atom is 0.163 e. The molecule has 5 aromatic rings. The molecule has 6 rings (SSSR count). The van der Waals surface area contributed by atoms with E-state index in [9.17, 15) is 15.3 Å². The van der Waals surface area contributed by atoms with Gasteiger partial charge in [0.05, 0.1) is 23.2 Å². The Morgan fingerprint density at radius 1 is 0.900 bits per heavy atom. The number of hydrogen-bond acceptors (Lipinski definition) is 4. The zero-order valence-electron chi connectivity index (χ0n) is 15.8. The summed E-state index contributed by atoms with van der Waals surface area (Å²) in [6, 6.07) is 17.8. The second-order valence-corrected chi connectivity index (χ2v) is 8.30. The monoisotopic (exact) mass is 422 g/mol. The molecule has 0 bridgehead atoms. The first-order valence-electron chi connectivity index (χ1n) is 9.83. The van der Waals surface area contributed by atoms with Crippen LogP contribution in [0.4, 0.5) is 0 Å². The van der Waals surface area contributed by atoms with Crippen molar-refractivity contribution in [1.29, 1.82) is 0 Å². The van der Waals surface area contributed by atoms with E-state index >= 15 is 0 Å². The number of aliphatic hydroxyl groups excluding tert-OH is 3. The van der Waals surface area contributed by atoms with Crippen molar-refractivity contribution < 1.29 is 20.1 Å². The molecule has 0 saturated carbocycles. The predicted molar refractivity (Wildman–Crippen MR) is 117 cm³/mol. The molecule has 0 spiro atoms. The predicted octanol–water partition coefficient (Wildman–Crippen LogP) is 3.69. The molecule has 3 heterocycles. The van der Waals surface area contributed by atoms with E-state index in [-0.39, 0.29) is 6.61 Å². The summed E-state index contributed by atoms with van der Waals surface area (Å²) in [6.07, 6.45) is -4.58. The maximum absolute atomic E-state index is 10.8. The van der Waals surface area contributed by atoms with Gasteiger partial charge >= 0.3 is 0 Å². The number of H-pyrrole nitrogens is 1. The highest BCUT2D eigenvalue weighted by Crippen LogP contribution is 2.41. The first-order chi connectivity index (χ1) is 14.5. The number of nitrogens with zero attached hydrogens (tertiary/aromatic N) is 1. The van der Waals surface area contributed by atoms with Gasteiger partial charge in [-0.1, -0.05) is 41.9 Å². The molecule has 6 nitrogen and oxygen atoms in total. The Balaban J connectivity index is 1.76. The van der Waals surface area contributed by atoms with Crippen LogP contribution in [0.3, 0.4) is 0 Å². The Bertz CT molecular complexity index is 1440. The number of ether oxygens (including phenoxy) is 1. The van der Waals surface area contributed by atoms with Gasteiger partial charge in [0.2, 0.25) is 0 Å². The van der Waals surface area contributed by atoms with E-state index in [2.05, 4.69) is 17.1 Å². The zero-order valence-corrected chi connectivity index (χ0v) is 16.5. The first kappa shape index (κ1) is 18.2. The van der Waals surface area contributed by atoms with E-state index in [1.807, 2.05) is 41.0 Å². The molecule has 3 aromatic carbocycles. The van der Waals surface area contributed by atoms with Crippen molar-refractivity contribution >= 4 is 55.2 Å². The standard InChI is InChI=1S/C23H19ClN2O4/c24-11-5-8-17-15(9-11)14-7-6-13-12-3-1-2-4-16(12)25-19(13)20(14)26(17)23-22(29)21(28)18(27)10-30-23/h1-9,18,21-23,25,27-29H,10H2/t18-,21+,22-,23-/m1/s1. The lowest BCUT2D eigenvalue weighted by Crippen LogP contribution is -2.50. The molecule has 4 N–H and O–H groups in total. The lowest BCUT2D eigenvalue weighted by Gasteiger charge is -2.36. The second-order valence-electron chi connectivity index (χ2n) is 7.86. The maximum atomic E-state index is 10.8. The topological polar surface area (TPSA) is 90.6 Å². The fourth-order valence-corrected chi connectivity index (χ4v) is 4.88. The van der Waals surface area contributed by atoms with E-state index < -0.39 is 24.5 Å². The quantitative estimate of drug-likeness (QED) is 0.331. The minimum atomic E-state index is -1.30. The highest BCUT2D eigenvalue weighted by molar-refractivity contribution is 6.32. The van der Waals surface area contributed by atoms with E-state index in [1.54, 1.807) is 6.07 Å². The van der Waals surface area contributed by atoms with Gasteiger partial charge in [-0.3, -0.25) is 0 Å². The Kier molecular flexibility index (Phi) is 3.90. The van der Waals surface area contributed by atoms with Gasteiger partial charge in [-0.05, 0) is 24.3 Å². The smallest absolute Gasteiger partial charge is 0.163 e. The number of nitrogens with one attached hydrogen (secondary N) is 1. The minimum absolute atomic E-state index is 0.0691. The number of fused-ring (bicyclic) bond motifs is 7. The average molecular weight is 423 g/mol. The molecule has 152 valence electrons. The lowest BCUT2D eigenvalue weighted by molar-refractivity contribution is -0.208. The third kappa shape index (κ3) is 2.40. The molecular formula is C23H19ClN2O4. The molecule has 2 aromatic heterocycles. The van der Waals surface area contributed by atoms with Crippen molar-refractivity contribution in [3.05, 3.63) is 59.6 Å². The normalized spacial score (nSPS) is 25.1. The number of rotatable bonds is 1. The van der Waals surface area contributed by atoms with Crippen molar-refractivity contribution in [3.8, 4) is 0 Å². The number of hydrogen-bond donors (Lipinski definition) is 4. The fraction of sp³-hybridized carbons (Fsp3) is 0.217. The molecular weight excluding hydrogens is 404 g/mol. The Labute approximate surface area is 175 Å². The van der Waals surface area contributed by atoms with Crippen LogP contribution in [0.1, 0.15) is 6.23 Å². The molecule has 4 atom stereocenters. The highest BCUT2D eigenvalue weighted by Gasteiger charge is 2.40. The van der Waals surface area contributed by atoms with Crippen LogP contribution in [0.15, 0.2) is 54.6 Å². The van der Waals surface area contributed by atoms with Gasteiger partial charge in [-0.25, -0.2) is 0 Å².